The summed E-state index contributed by atoms with van der Waals surface area (Å²) in [5.74, 6) is -1.32. The summed E-state index contributed by atoms with van der Waals surface area (Å²) in [5, 5.41) is 13.9. The molecule has 0 fully saturated rings. The van der Waals surface area contributed by atoms with Gasteiger partial charge in [-0.05, 0) is 50.5 Å². The van der Waals surface area contributed by atoms with Crippen LogP contribution in [0, 0.1) is 0 Å². The molecule has 1 amide bonds. The van der Waals surface area contributed by atoms with Crippen LogP contribution in [0.3, 0.4) is 0 Å². The molecule has 32 heavy (non-hydrogen) atoms. The van der Waals surface area contributed by atoms with Crippen molar-refractivity contribution in [2.75, 3.05) is 18.5 Å². The monoisotopic (exact) mass is 443 g/mol. The van der Waals surface area contributed by atoms with Crippen LogP contribution >= 0.6 is 0 Å². The van der Waals surface area contributed by atoms with Gasteiger partial charge in [0.25, 0.3) is 0 Å². The quantitative estimate of drug-likeness (QED) is 0.185. The van der Waals surface area contributed by atoms with Crippen LogP contribution in [0.2, 0.25) is 0 Å². The second kappa shape index (κ2) is 11.2. The molecule has 8 nitrogen and oxygen atoms in total. The maximum atomic E-state index is 12.9. The molecule has 0 aliphatic rings. The fourth-order valence-electron chi connectivity index (χ4n) is 2.95. The highest BCUT2D eigenvalue weighted by Gasteiger charge is 2.23. The summed E-state index contributed by atoms with van der Waals surface area (Å²) >= 11 is 0. The summed E-state index contributed by atoms with van der Waals surface area (Å²) in [7, 11) is 0. The van der Waals surface area contributed by atoms with Crippen LogP contribution in [0.1, 0.15) is 50.4 Å². The van der Waals surface area contributed by atoms with Gasteiger partial charge in [-0.2, -0.15) is 0 Å². The predicted octanol–water partition coefficient (Wildman–Crippen LogP) is 4.95. The molecule has 0 heterocycles. The highest BCUT2D eigenvalue weighted by Crippen LogP contribution is 2.35. The first kappa shape index (κ1) is 24.7. The number of carbonyl (C=O) groups excluding carboxylic acids is 3. The van der Waals surface area contributed by atoms with E-state index in [0.29, 0.717) is 23.6 Å². The Kier molecular flexibility index (Phi) is 8.63. The van der Waals surface area contributed by atoms with Gasteiger partial charge >= 0.3 is 18.0 Å². The molecule has 2 aromatic carbocycles. The molecule has 0 unspecified atom stereocenters. The molecule has 0 atom stereocenters. The van der Waals surface area contributed by atoms with Gasteiger partial charge in [0, 0.05) is 6.42 Å². The second-order valence-electron chi connectivity index (χ2n) is 8.06. The van der Waals surface area contributed by atoms with Crippen molar-refractivity contribution in [1.29, 1.82) is 0 Å². The van der Waals surface area contributed by atoms with Gasteiger partial charge in [0.15, 0.2) is 0 Å². The third-order valence-corrected chi connectivity index (χ3v) is 4.22. The molecule has 172 valence electrons. The Bertz CT molecular complexity index is 992. The number of phenolic OH excluding ortho intramolecular Hbond substituents is 1. The van der Waals surface area contributed by atoms with Gasteiger partial charge in [-0.1, -0.05) is 36.9 Å². The van der Waals surface area contributed by atoms with Crippen LogP contribution in [0.5, 0.6) is 5.75 Å². The molecular weight excluding hydrogens is 414 g/mol. The van der Waals surface area contributed by atoms with Gasteiger partial charge in [-0.3, -0.25) is 10.1 Å². The lowest BCUT2D eigenvalue weighted by molar-refractivity contribution is -0.154. The maximum absolute atomic E-state index is 12.9. The molecule has 0 saturated carbocycles. The Labute approximate surface area is 187 Å². The third kappa shape index (κ3) is 7.30. The van der Waals surface area contributed by atoms with E-state index in [1.807, 2.05) is 0 Å². The van der Waals surface area contributed by atoms with Crippen LogP contribution < -0.4 is 5.32 Å². The van der Waals surface area contributed by atoms with E-state index < -0.39 is 17.7 Å². The Morgan fingerprint density at radius 1 is 1.12 bits per heavy atom. The summed E-state index contributed by atoms with van der Waals surface area (Å²) < 4.78 is 15.5. The van der Waals surface area contributed by atoms with Gasteiger partial charge in [0.05, 0.1) is 12.2 Å². The van der Waals surface area contributed by atoms with E-state index in [0.717, 1.165) is 0 Å². The van der Waals surface area contributed by atoms with Gasteiger partial charge in [-0.25, -0.2) is 9.59 Å². The van der Waals surface area contributed by atoms with Gasteiger partial charge in [0.2, 0.25) is 0 Å². The lowest BCUT2D eigenvalue weighted by Crippen LogP contribution is -2.23. The van der Waals surface area contributed by atoms with Gasteiger partial charge in [0.1, 0.15) is 23.6 Å². The molecular formula is C24H29NO7. The number of ether oxygens (including phenoxy) is 3. The van der Waals surface area contributed by atoms with Crippen molar-refractivity contribution in [2.45, 2.75) is 45.6 Å². The van der Waals surface area contributed by atoms with Crippen LogP contribution in [0.15, 0.2) is 43.0 Å². The highest BCUT2D eigenvalue weighted by molar-refractivity contribution is 6.13. The summed E-state index contributed by atoms with van der Waals surface area (Å²) in [4.78, 5) is 36.7. The molecule has 2 aromatic rings. The largest absolute Gasteiger partial charge is 0.506 e. The SMILES string of the molecule is C=CCOC(=O)Nc1c(O)cc2ccccc2c1C(=O)OCCCCC(=O)OC(C)(C)C. The van der Waals surface area contributed by atoms with Crippen molar-refractivity contribution in [2.24, 2.45) is 0 Å². The Morgan fingerprint density at radius 2 is 1.84 bits per heavy atom. The minimum absolute atomic E-state index is 0.0169. The van der Waals surface area contributed by atoms with Crippen LogP contribution in [-0.4, -0.2) is 42.0 Å². The fourth-order valence-corrected chi connectivity index (χ4v) is 2.95. The number of aromatic hydroxyl groups is 1. The molecule has 0 aliphatic carbocycles. The first-order chi connectivity index (χ1) is 15.1. The third-order valence-electron chi connectivity index (χ3n) is 4.22. The van der Waals surface area contributed by atoms with Crippen molar-refractivity contribution < 1.29 is 33.7 Å². The molecule has 0 aliphatic heterocycles. The van der Waals surface area contributed by atoms with E-state index in [-0.39, 0.29) is 42.6 Å². The summed E-state index contributed by atoms with van der Waals surface area (Å²) in [6.07, 6.45) is 1.70. The van der Waals surface area contributed by atoms with E-state index in [2.05, 4.69) is 11.9 Å². The number of esters is 2. The Balaban J connectivity index is 2.10. The van der Waals surface area contributed by atoms with E-state index >= 15 is 0 Å². The fraction of sp³-hybridized carbons (Fsp3) is 0.375. The number of benzene rings is 2. The highest BCUT2D eigenvalue weighted by atomic mass is 16.6. The predicted molar refractivity (Wildman–Crippen MR) is 121 cm³/mol. The van der Waals surface area contributed by atoms with E-state index in [4.69, 9.17) is 14.2 Å². The molecule has 0 aromatic heterocycles. The molecule has 2 rings (SSSR count). The van der Waals surface area contributed by atoms with Crippen LogP contribution in [-0.2, 0) is 19.0 Å². The minimum atomic E-state index is -0.845. The summed E-state index contributed by atoms with van der Waals surface area (Å²) in [6, 6.07) is 8.35. The van der Waals surface area contributed by atoms with Crippen molar-refractivity contribution in [1.82, 2.24) is 0 Å². The van der Waals surface area contributed by atoms with E-state index in [1.165, 1.54) is 12.1 Å². The maximum Gasteiger partial charge on any atom is 0.412 e. The van der Waals surface area contributed by atoms with E-state index in [9.17, 15) is 19.5 Å². The van der Waals surface area contributed by atoms with Crippen LogP contribution in [0.25, 0.3) is 10.8 Å². The Morgan fingerprint density at radius 3 is 2.53 bits per heavy atom. The lowest BCUT2D eigenvalue weighted by atomic mass is 10.0. The molecule has 2 N–H and O–H groups in total. The first-order valence-corrected chi connectivity index (χ1v) is 10.3. The summed E-state index contributed by atoms with van der Waals surface area (Å²) in [6.45, 7) is 8.88. The van der Waals surface area contributed by atoms with Crippen LogP contribution in [0.4, 0.5) is 10.5 Å². The number of nitrogens with one attached hydrogen (secondary N) is 1. The number of phenols is 1. The molecule has 0 spiro atoms. The zero-order chi connectivity index (χ0) is 23.7. The molecule has 0 bridgehead atoms. The van der Waals surface area contributed by atoms with Crippen molar-refractivity contribution in [3.8, 4) is 5.75 Å². The number of amides is 1. The average Bonchev–Trinajstić information content (AvgIpc) is 2.71. The molecule has 8 heteroatoms. The number of anilines is 1. The van der Waals surface area contributed by atoms with Gasteiger partial charge in [-0.15, -0.1) is 0 Å². The van der Waals surface area contributed by atoms with Crippen molar-refractivity contribution in [3.05, 3.63) is 48.6 Å². The second-order valence-corrected chi connectivity index (χ2v) is 8.06. The zero-order valence-electron chi connectivity index (χ0n) is 18.6. The number of fused-ring (bicyclic) bond motifs is 1. The Hall–Kier alpha value is -3.55. The number of hydrogen-bond donors (Lipinski definition) is 2. The smallest absolute Gasteiger partial charge is 0.412 e. The van der Waals surface area contributed by atoms with Crippen molar-refractivity contribution in [3.63, 3.8) is 0 Å². The van der Waals surface area contributed by atoms with Gasteiger partial charge < -0.3 is 19.3 Å². The first-order valence-electron chi connectivity index (χ1n) is 10.3. The lowest BCUT2D eigenvalue weighted by Gasteiger charge is -2.19. The standard InChI is InChI=1S/C24H29NO7/c1-5-13-31-23(29)25-21-18(26)15-16-10-6-7-11-17(16)20(21)22(28)30-14-9-8-12-19(27)32-24(2,3)4/h5-7,10-11,15,26H,1,8-9,12-14H2,2-4H3,(H,25,29). The van der Waals surface area contributed by atoms with Crippen molar-refractivity contribution >= 4 is 34.5 Å². The molecule has 0 saturated heterocycles. The van der Waals surface area contributed by atoms with E-state index in [1.54, 1.807) is 45.0 Å². The number of unbranched alkanes of at least 4 members (excludes halogenated alkanes) is 1. The number of carbonyl (C=O) groups is 3. The minimum Gasteiger partial charge on any atom is -0.506 e. The average molecular weight is 443 g/mol. The normalized spacial score (nSPS) is 11.0. The number of hydrogen-bond acceptors (Lipinski definition) is 7. The zero-order valence-corrected chi connectivity index (χ0v) is 18.6. The number of rotatable bonds is 9. The topological polar surface area (TPSA) is 111 Å². The summed E-state index contributed by atoms with van der Waals surface area (Å²) in [5.41, 5.74) is -0.629. The molecule has 0 radical (unpaired) electrons.